The summed E-state index contributed by atoms with van der Waals surface area (Å²) in [6.07, 6.45) is 5.03. The molecule has 2 amide bonds. The molecule has 0 radical (unpaired) electrons. The Balaban J connectivity index is 1.20. The number of Topliss-reactive ketones (excluding diaryl/α,β-unsaturated/α-hetero) is 4. The number of carbonyl (C=O) groups excluding carboxylic acids is 6. The largest absolute Gasteiger partial charge is 0.355 e. The minimum atomic E-state index is -1.26. The van der Waals surface area contributed by atoms with Crippen LogP contribution in [0.4, 0.5) is 0 Å². The highest BCUT2D eigenvalue weighted by Crippen LogP contribution is 2.70. The normalized spacial score (nSPS) is 37.6. The van der Waals surface area contributed by atoms with Crippen LogP contribution in [-0.4, -0.2) is 48.0 Å². The zero-order chi connectivity index (χ0) is 26.9. The topological polar surface area (TPSA) is 126 Å². The zero-order valence-electron chi connectivity index (χ0n) is 22.5. The van der Waals surface area contributed by atoms with E-state index in [2.05, 4.69) is 10.6 Å². The van der Waals surface area contributed by atoms with E-state index < -0.39 is 55.6 Å². The van der Waals surface area contributed by atoms with Gasteiger partial charge >= 0.3 is 0 Å². The summed E-state index contributed by atoms with van der Waals surface area (Å²) in [6.45, 7) is 11.9. The van der Waals surface area contributed by atoms with Crippen molar-refractivity contribution in [1.29, 1.82) is 0 Å². The molecule has 4 aliphatic carbocycles. The van der Waals surface area contributed by atoms with Crippen molar-refractivity contribution < 1.29 is 28.8 Å². The van der Waals surface area contributed by atoms with Crippen LogP contribution in [-0.2, 0) is 28.8 Å². The minimum Gasteiger partial charge on any atom is -0.355 e. The van der Waals surface area contributed by atoms with Gasteiger partial charge in [0, 0.05) is 23.9 Å². The highest BCUT2D eigenvalue weighted by atomic mass is 16.2. The maximum atomic E-state index is 13.1. The molecular weight excluding hydrogens is 460 g/mol. The fraction of sp³-hybridized carbons (Fsp3) is 0.786. The smallest absolute Gasteiger partial charge is 0.234 e. The Kier molecular flexibility index (Phi) is 5.97. The predicted octanol–water partition coefficient (Wildman–Crippen LogP) is 2.71. The van der Waals surface area contributed by atoms with Gasteiger partial charge in [-0.25, -0.2) is 0 Å². The maximum absolute atomic E-state index is 13.1. The molecule has 4 aliphatic rings. The third kappa shape index (κ3) is 2.82. The van der Waals surface area contributed by atoms with Gasteiger partial charge in [-0.3, -0.25) is 28.8 Å². The van der Waals surface area contributed by atoms with Crippen LogP contribution >= 0.6 is 0 Å². The van der Waals surface area contributed by atoms with Crippen molar-refractivity contribution in [1.82, 2.24) is 10.6 Å². The maximum Gasteiger partial charge on any atom is 0.234 e. The molecule has 0 spiro atoms. The predicted molar refractivity (Wildman–Crippen MR) is 132 cm³/mol. The molecule has 4 fully saturated rings. The van der Waals surface area contributed by atoms with Gasteiger partial charge < -0.3 is 10.6 Å². The zero-order valence-corrected chi connectivity index (χ0v) is 22.5. The monoisotopic (exact) mass is 500 g/mol. The highest BCUT2D eigenvalue weighted by Gasteiger charge is 2.78. The van der Waals surface area contributed by atoms with Crippen LogP contribution in [0.1, 0.15) is 92.9 Å². The number of hydrogen-bond donors (Lipinski definition) is 2. The highest BCUT2D eigenvalue weighted by molar-refractivity contribution is 6.49. The lowest BCUT2D eigenvalue weighted by atomic mass is 9.64. The van der Waals surface area contributed by atoms with Gasteiger partial charge in [-0.1, -0.05) is 54.4 Å². The number of carbonyl (C=O) groups is 6. The van der Waals surface area contributed by atoms with Gasteiger partial charge in [0.2, 0.25) is 34.9 Å². The molecule has 0 heterocycles. The molecule has 198 valence electrons. The van der Waals surface area contributed by atoms with E-state index in [9.17, 15) is 28.8 Å². The van der Waals surface area contributed by atoms with Crippen molar-refractivity contribution >= 4 is 34.9 Å². The second-order valence-electron chi connectivity index (χ2n) is 13.0. The summed E-state index contributed by atoms with van der Waals surface area (Å²) in [5.41, 5.74) is -5.46. The average Bonchev–Trinajstić information content (AvgIpc) is 3.25. The Morgan fingerprint density at radius 2 is 0.889 bits per heavy atom. The standard InChI is InChI=1S/C28H40N2O6/c1-23(2)25(5)11-13-27(23,19(33)17(25)31)21(35)29-15-9-7-8-10-16-30-22(36)28-14-12-26(6,24(28,3)4)18(32)20(28)34/h7-16H2,1-6H3,(H,29,35)(H,30,36). The first-order valence-electron chi connectivity index (χ1n) is 13.3. The number of rotatable bonds is 9. The molecule has 0 aromatic heterocycles. The number of hydrogen-bond acceptors (Lipinski definition) is 6. The number of nitrogens with one attached hydrogen (secondary N) is 2. The molecule has 0 aromatic rings. The van der Waals surface area contributed by atoms with Crippen LogP contribution in [0.25, 0.3) is 0 Å². The van der Waals surface area contributed by atoms with Crippen LogP contribution in [0, 0.1) is 32.5 Å². The van der Waals surface area contributed by atoms with Crippen molar-refractivity contribution in [2.24, 2.45) is 32.5 Å². The summed E-state index contributed by atoms with van der Waals surface area (Å²) >= 11 is 0. The number of fused-ring (bicyclic) bond motifs is 4. The molecule has 4 bridgehead atoms. The molecular formula is C28H40N2O6. The molecule has 0 saturated heterocycles. The Morgan fingerprint density at radius 3 is 1.17 bits per heavy atom. The van der Waals surface area contributed by atoms with E-state index in [0.717, 1.165) is 25.7 Å². The van der Waals surface area contributed by atoms with Crippen LogP contribution < -0.4 is 10.6 Å². The minimum absolute atomic E-state index is 0.333. The first kappa shape index (κ1) is 26.7. The van der Waals surface area contributed by atoms with Gasteiger partial charge in [0.1, 0.15) is 10.8 Å². The Bertz CT molecular complexity index is 992. The van der Waals surface area contributed by atoms with E-state index >= 15 is 0 Å². The van der Waals surface area contributed by atoms with Crippen molar-refractivity contribution in [3.05, 3.63) is 0 Å². The number of amides is 2. The Morgan fingerprint density at radius 1 is 0.556 bits per heavy atom. The van der Waals surface area contributed by atoms with Gasteiger partial charge in [0.05, 0.1) is 0 Å². The quantitative estimate of drug-likeness (QED) is 0.285. The van der Waals surface area contributed by atoms with Gasteiger partial charge in [0.15, 0.2) is 0 Å². The van der Waals surface area contributed by atoms with Crippen molar-refractivity contribution in [2.75, 3.05) is 13.1 Å². The van der Waals surface area contributed by atoms with Gasteiger partial charge in [-0.2, -0.15) is 0 Å². The molecule has 8 nitrogen and oxygen atoms in total. The lowest BCUT2D eigenvalue weighted by Gasteiger charge is -2.37. The molecule has 4 unspecified atom stereocenters. The van der Waals surface area contributed by atoms with E-state index in [1.807, 2.05) is 27.7 Å². The fourth-order valence-corrected chi connectivity index (χ4v) is 7.86. The van der Waals surface area contributed by atoms with Gasteiger partial charge in [-0.05, 0) is 49.4 Å². The van der Waals surface area contributed by atoms with E-state index in [0.29, 0.717) is 38.8 Å². The van der Waals surface area contributed by atoms with Crippen LogP contribution in [0.15, 0.2) is 0 Å². The lowest BCUT2D eigenvalue weighted by molar-refractivity contribution is -0.149. The van der Waals surface area contributed by atoms with Crippen molar-refractivity contribution in [2.45, 2.75) is 92.9 Å². The molecule has 0 aromatic carbocycles. The van der Waals surface area contributed by atoms with Gasteiger partial charge in [0.25, 0.3) is 0 Å². The average molecular weight is 501 g/mol. The van der Waals surface area contributed by atoms with Crippen LogP contribution in [0.5, 0.6) is 0 Å². The lowest BCUT2D eigenvalue weighted by Crippen LogP contribution is -2.51. The summed E-state index contributed by atoms with van der Waals surface area (Å²) in [7, 11) is 0. The second kappa shape index (κ2) is 8.06. The molecule has 8 heteroatoms. The fourth-order valence-electron chi connectivity index (χ4n) is 7.86. The molecule has 4 rings (SSSR count). The Labute approximate surface area is 213 Å². The SMILES string of the molecule is CC12CCC(C(=O)NCCCCCCNC(=O)C34CCC(C)(C(=O)C3=O)C4(C)C)(C(=O)C1=O)C2(C)C. The number of ketones is 4. The van der Waals surface area contributed by atoms with Gasteiger partial charge in [-0.15, -0.1) is 0 Å². The molecule has 0 aliphatic heterocycles. The molecule has 4 saturated carbocycles. The Hall–Kier alpha value is -2.38. The van der Waals surface area contributed by atoms with E-state index in [1.54, 1.807) is 13.8 Å². The van der Waals surface area contributed by atoms with E-state index in [1.165, 1.54) is 0 Å². The van der Waals surface area contributed by atoms with E-state index in [-0.39, 0.29) is 11.8 Å². The summed E-state index contributed by atoms with van der Waals surface area (Å²) < 4.78 is 0. The van der Waals surface area contributed by atoms with Crippen LogP contribution in [0.3, 0.4) is 0 Å². The summed E-state index contributed by atoms with van der Waals surface area (Å²) in [5, 5.41) is 5.80. The molecule has 2 N–H and O–H groups in total. The first-order valence-corrected chi connectivity index (χ1v) is 13.3. The van der Waals surface area contributed by atoms with E-state index in [4.69, 9.17) is 0 Å². The van der Waals surface area contributed by atoms with Crippen LogP contribution in [0.2, 0.25) is 0 Å². The molecule has 4 atom stereocenters. The molecule has 36 heavy (non-hydrogen) atoms. The second-order valence-corrected chi connectivity index (χ2v) is 13.0. The number of unbranched alkanes of at least 4 members (excludes halogenated alkanes) is 3. The van der Waals surface area contributed by atoms with Crippen molar-refractivity contribution in [3.8, 4) is 0 Å². The summed E-state index contributed by atoms with van der Waals surface area (Å²) in [6, 6.07) is 0. The third-order valence-corrected chi connectivity index (χ3v) is 11.5. The third-order valence-electron chi connectivity index (χ3n) is 11.5. The van der Waals surface area contributed by atoms with Crippen molar-refractivity contribution in [3.63, 3.8) is 0 Å². The first-order chi connectivity index (χ1) is 16.6. The summed E-state index contributed by atoms with van der Waals surface area (Å²) in [5.74, 6) is -2.57. The summed E-state index contributed by atoms with van der Waals surface area (Å²) in [4.78, 5) is 76.8.